The van der Waals surface area contributed by atoms with Gasteiger partial charge in [0, 0.05) is 5.56 Å². The average molecular weight is 499 g/mol. The molecule has 0 aromatic heterocycles. The minimum Gasteiger partial charge on any atom is -0.490 e. The van der Waals surface area contributed by atoms with Crippen molar-refractivity contribution in [1.29, 1.82) is 0 Å². The molecule has 0 atom stereocenters. The molecule has 0 radical (unpaired) electrons. The van der Waals surface area contributed by atoms with E-state index in [4.69, 9.17) is 19.2 Å². The number of aryl methyl sites for hydroxylation is 1. The third kappa shape index (κ3) is 5.56. The molecule has 7 nitrogen and oxygen atoms in total. The van der Waals surface area contributed by atoms with Crippen molar-refractivity contribution in [3.05, 3.63) is 94.7 Å². The summed E-state index contributed by atoms with van der Waals surface area (Å²) in [6.45, 7) is 8.86. The molecule has 0 saturated heterocycles. The molecule has 7 heteroatoms. The number of anilines is 1. The van der Waals surface area contributed by atoms with Gasteiger partial charge in [-0.2, -0.15) is 0 Å². The summed E-state index contributed by atoms with van der Waals surface area (Å²) in [6.07, 6.45) is 1.74. The van der Waals surface area contributed by atoms with E-state index in [0.29, 0.717) is 54.1 Å². The van der Waals surface area contributed by atoms with Crippen LogP contribution in [0, 0.1) is 6.92 Å². The number of hydrogen-bond acceptors (Lipinski definition) is 6. The van der Waals surface area contributed by atoms with E-state index >= 15 is 0 Å². The third-order valence-corrected chi connectivity index (χ3v) is 5.75. The maximum absolute atomic E-state index is 13.7. The molecule has 0 N–H and O–H groups in total. The van der Waals surface area contributed by atoms with Crippen molar-refractivity contribution in [2.24, 2.45) is 4.99 Å². The van der Waals surface area contributed by atoms with Crippen LogP contribution in [0.15, 0.2) is 77.4 Å². The van der Waals surface area contributed by atoms with Crippen LogP contribution in [-0.2, 0) is 9.53 Å². The molecule has 0 unspecified atom stereocenters. The van der Waals surface area contributed by atoms with Gasteiger partial charge in [-0.3, -0.25) is 9.69 Å². The first-order chi connectivity index (χ1) is 18.0. The molecular formula is C30H30N2O5. The quantitative estimate of drug-likeness (QED) is 0.275. The summed E-state index contributed by atoms with van der Waals surface area (Å²) < 4.78 is 16.5. The number of hydrogen-bond donors (Lipinski definition) is 0. The fourth-order valence-electron chi connectivity index (χ4n) is 4.04. The SMILES string of the molecule is CCOC(=O)c1ccc(N2C(=O)/C(=C\c3ccc(OCC)c(OCC)c3)N=C2c2ccccc2C)cc1. The van der Waals surface area contributed by atoms with E-state index in [1.54, 1.807) is 42.2 Å². The van der Waals surface area contributed by atoms with E-state index in [-0.39, 0.29) is 5.91 Å². The van der Waals surface area contributed by atoms with Crippen LogP contribution in [0.25, 0.3) is 6.08 Å². The number of rotatable bonds is 9. The van der Waals surface area contributed by atoms with Gasteiger partial charge in [-0.1, -0.05) is 30.3 Å². The topological polar surface area (TPSA) is 77.4 Å². The van der Waals surface area contributed by atoms with Crippen molar-refractivity contribution in [2.75, 3.05) is 24.7 Å². The molecule has 0 spiro atoms. The lowest BCUT2D eigenvalue weighted by Crippen LogP contribution is -2.33. The molecule has 3 aromatic rings. The van der Waals surface area contributed by atoms with Gasteiger partial charge in [-0.25, -0.2) is 9.79 Å². The summed E-state index contributed by atoms with van der Waals surface area (Å²) in [4.78, 5) is 32.1. The highest BCUT2D eigenvalue weighted by Gasteiger charge is 2.33. The number of benzene rings is 3. The van der Waals surface area contributed by atoms with Gasteiger partial charge in [-0.05, 0) is 81.3 Å². The Balaban J connectivity index is 1.76. The number of carbonyl (C=O) groups is 2. The van der Waals surface area contributed by atoms with Crippen molar-refractivity contribution in [3.63, 3.8) is 0 Å². The highest BCUT2D eigenvalue weighted by molar-refractivity contribution is 6.33. The molecule has 0 bridgehead atoms. The van der Waals surface area contributed by atoms with Crippen LogP contribution in [0.3, 0.4) is 0 Å². The summed E-state index contributed by atoms with van der Waals surface area (Å²) >= 11 is 0. The molecule has 4 rings (SSSR count). The first-order valence-electron chi connectivity index (χ1n) is 12.3. The zero-order valence-electron chi connectivity index (χ0n) is 21.5. The fraction of sp³-hybridized carbons (Fsp3) is 0.233. The van der Waals surface area contributed by atoms with Crippen LogP contribution in [0.1, 0.15) is 47.8 Å². The van der Waals surface area contributed by atoms with Crippen LogP contribution in [0.4, 0.5) is 5.69 Å². The number of carbonyl (C=O) groups excluding carboxylic acids is 2. The average Bonchev–Trinajstić information content (AvgIpc) is 3.21. The first kappa shape index (κ1) is 25.7. The Morgan fingerprint density at radius 1 is 0.892 bits per heavy atom. The molecule has 3 aromatic carbocycles. The van der Waals surface area contributed by atoms with Gasteiger partial charge in [0.15, 0.2) is 11.5 Å². The Labute approximate surface area is 217 Å². The van der Waals surface area contributed by atoms with Crippen LogP contribution >= 0.6 is 0 Å². The standard InChI is InChI=1S/C30H30N2O5/c1-5-35-26-17-12-21(19-27(26)36-6-2)18-25-29(33)32(28(31-25)24-11-9-8-10-20(24)4)23-15-13-22(14-16-23)30(34)37-7-3/h8-19H,5-7H2,1-4H3/b25-18+. The normalized spacial score (nSPS) is 14.1. The van der Waals surface area contributed by atoms with Gasteiger partial charge in [0.1, 0.15) is 11.5 Å². The zero-order valence-corrected chi connectivity index (χ0v) is 21.5. The molecule has 1 aliphatic rings. The van der Waals surface area contributed by atoms with Crippen molar-refractivity contribution >= 4 is 29.5 Å². The van der Waals surface area contributed by atoms with Crippen LogP contribution < -0.4 is 14.4 Å². The lowest BCUT2D eigenvalue weighted by molar-refractivity contribution is -0.113. The van der Waals surface area contributed by atoms with E-state index in [1.807, 2.05) is 63.2 Å². The van der Waals surface area contributed by atoms with Gasteiger partial charge in [0.25, 0.3) is 5.91 Å². The highest BCUT2D eigenvalue weighted by Crippen LogP contribution is 2.32. The smallest absolute Gasteiger partial charge is 0.338 e. The second kappa shape index (κ2) is 11.6. The minimum atomic E-state index is -0.407. The number of ether oxygens (including phenoxy) is 3. The van der Waals surface area contributed by atoms with Gasteiger partial charge in [-0.15, -0.1) is 0 Å². The Bertz CT molecular complexity index is 1360. The summed E-state index contributed by atoms with van der Waals surface area (Å²) in [5.74, 6) is 1.11. The maximum atomic E-state index is 13.7. The second-order valence-electron chi connectivity index (χ2n) is 8.26. The predicted molar refractivity (Wildman–Crippen MR) is 144 cm³/mol. The number of amidine groups is 1. The Morgan fingerprint density at radius 3 is 2.27 bits per heavy atom. The molecule has 190 valence electrons. The molecular weight excluding hydrogens is 468 g/mol. The Morgan fingerprint density at radius 2 is 1.59 bits per heavy atom. The molecule has 1 heterocycles. The van der Waals surface area contributed by atoms with Gasteiger partial charge in [0.05, 0.1) is 31.1 Å². The van der Waals surface area contributed by atoms with Crippen molar-refractivity contribution in [1.82, 2.24) is 0 Å². The van der Waals surface area contributed by atoms with Crippen molar-refractivity contribution in [2.45, 2.75) is 27.7 Å². The number of nitrogens with zero attached hydrogens (tertiary/aromatic N) is 2. The van der Waals surface area contributed by atoms with Crippen LogP contribution in [0.5, 0.6) is 11.5 Å². The summed E-state index contributed by atoms with van der Waals surface area (Å²) in [6, 6.07) is 20.1. The van der Waals surface area contributed by atoms with Crippen molar-refractivity contribution in [3.8, 4) is 11.5 Å². The lowest BCUT2D eigenvalue weighted by atomic mass is 10.1. The van der Waals surface area contributed by atoms with Crippen LogP contribution in [-0.4, -0.2) is 37.5 Å². The Hall–Kier alpha value is -4.39. The first-order valence-corrected chi connectivity index (χ1v) is 12.3. The van der Waals surface area contributed by atoms with Gasteiger partial charge < -0.3 is 14.2 Å². The summed E-state index contributed by atoms with van der Waals surface area (Å²) in [5, 5.41) is 0. The van der Waals surface area contributed by atoms with E-state index in [9.17, 15) is 9.59 Å². The summed E-state index contributed by atoms with van der Waals surface area (Å²) in [5.41, 5.74) is 3.91. The fourth-order valence-corrected chi connectivity index (χ4v) is 4.04. The van der Waals surface area contributed by atoms with Gasteiger partial charge >= 0.3 is 5.97 Å². The zero-order chi connectivity index (χ0) is 26.4. The molecule has 1 amide bonds. The minimum absolute atomic E-state index is 0.269. The molecule has 1 aliphatic heterocycles. The van der Waals surface area contributed by atoms with E-state index < -0.39 is 5.97 Å². The predicted octanol–water partition coefficient (Wildman–Crippen LogP) is 5.80. The summed E-state index contributed by atoms with van der Waals surface area (Å²) in [7, 11) is 0. The number of amides is 1. The Kier molecular flexibility index (Phi) is 8.03. The maximum Gasteiger partial charge on any atom is 0.338 e. The van der Waals surface area contributed by atoms with E-state index in [0.717, 1.165) is 16.7 Å². The second-order valence-corrected chi connectivity index (χ2v) is 8.26. The van der Waals surface area contributed by atoms with E-state index in [2.05, 4.69) is 0 Å². The van der Waals surface area contributed by atoms with Gasteiger partial charge in [0.2, 0.25) is 0 Å². The van der Waals surface area contributed by atoms with E-state index in [1.165, 1.54) is 0 Å². The monoisotopic (exact) mass is 498 g/mol. The molecule has 0 aliphatic carbocycles. The lowest BCUT2D eigenvalue weighted by Gasteiger charge is -2.20. The number of aliphatic imine (C=N–C) groups is 1. The largest absolute Gasteiger partial charge is 0.490 e. The van der Waals surface area contributed by atoms with Crippen molar-refractivity contribution < 1.29 is 23.8 Å². The molecule has 0 saturated carbocycles. The number of esters is 1. The molecule has 37 heavy (non-hydrogen) atoms. The highest BCUT2D eigenvalue weighted by atomic mass is 16.5. The third-order valence-electron chi connectivity index (χ3n) is 5.75. The molecule has 0 fully saturated rings. The van der Waals surface area contributed by atoms with Crippen LogP contribution in [0.2, 0.25) is 0 Å².